The molecule has 3 nitrogen and oxygen atoms in total. The van der Waals surface area contributed by atoms with Gasteiger partial charge in [0, 0.05) is 19.1 Å². The summed E-state index contributed by atoms with van der Waals surface area (Å²) in [4.78, 5) is 2.02. The Morgan fingerprint density at radius 3 is 2.08 bits per heavy atom. The molecule has 0 spiro atoms. The van der Waals surface area contributed by atoms with Crippen LogP contribution in [0.2, 0.25) is 0 Å². The van der Waals surface area contributed by atoms with E-state index in [0.29, 0.717) is 30.3 Å². The first-order valence-electron chi connectivity index (χ1n) is 8.14. The number of aliphatic hydroxyl groups excluding tert-OH is 2. The second-order valence-corrected chi connectivity index (χ2v) is 6.32. The lowest BCUT2D eigenvalue weighted by atomic mass is 10.1. The van der Waals surface area contributed by atoms with Gasteiger partial charge >= 0.3 is 0 Å². The third-order valence-electron chi connectivity index (χ3n) is 4.37. The van der Waals surface area contributed by atoms with Crippen LogP contribution in [0.25, 0.3) is 0 Å². The summed E-state index contributed by atoms with van der Waals surface area (Å²) in [5, 5.41) is 20.8. The van der Waals surface area contributed by atoms with E-state index in [1.807, 2.05) is 4.90 Å². The predicted molar refractivity (Wildman–Crippen MR) is 87.3 cm³/mol. The average molecular weight is 333 g/mol. The van der Waals surface area contributed by atoms with Gasteiger partial charge in [0.25, 0.3) is 0 Å². The summed E-state index contributed by atoms with van der Waals surface area (Å²) in [5.41, 5.74) is 1.17. The molecule has 0 bridgehead atoms. The van der Waals surface area contributed by atoms with Gasteiger partial charge in [-0.1, -0.05) is 24.3 Å². The summed E-state index contributed by atoms with van der Waals surface area (Å²) in [6.07, 6.45) is 0.463. The lowest BCUT2D eigenvalue weighted by Gasteiger charge is -2.27. The van der Waals surface area contributed by atoms with Crippen molar-refractivity contribution in [1.29, 1.82) is 0 Å². The Morgan fingerprint density at radius 1 is 0.875 bits per heavy atom. The van der Waals surface area contributed by atoms with E-state index >= 15 is 0 Å². The van der Waals surface area contributed by atoms with Crippen LogP contribution in [0.15, 0.2) is 48.5 Å². The van der Waals surface area contributed by atoms with Gasteiger partial charge < -0.3 is 10.2 Å². The Morgan fingerprint density at radius 2 is 1.50 bits per heavy atom. The second kappa shape index (κ2) is 7.38. The van der Waals surface area contributed by atoms with Crippen molar-refractivity contribution in [1.82, 2.24) is 4.90 Å². The number of hydrogen-bond donors (Lipinski definition) is 2. The van der Waals surface area contributed by atoms with Gasteiger partial charge in [0.15, 0.2) is 0 Å². The molecule has 1 saturated carbocycles. The van der Waals surface area contributed by atoms with Crippen molar-refractivity contribution < 1.29 is 19.0 Å². The molecule has 0 aliphatic heterocycles. The van der Waals surface area contributed by atoms with Crippen LogP contribution >= 0.6 is 0 Å². The van der Waals surface area contributed by atoms with E-state index in [4.69, 9.17) is 0 Å². The average Bonchev–Trinajstić information content (AvgIpc) is 3.39. The fourth-order valence-electron chi connectivity index (χ4n) is 2.87. The number of nitrogens with zero attached hydrogens (tertiary/aromatic N) is 1. The molecule has 3 rings (SSSR count). The second-order valence-electron chi connectivity index (χ2n) is 6.32. The Bertz CT molecular complexity index is 673. The van der Waals surface area contributed by atoms with E-state index in [1.54, 1.807) is 24.3 Å². The van der Waals surface area contributed by atoms with Crippen LogP contribution in [-0.4, -0.2) is 34.2 Å². The van der Waals surface area contributed by atoms with Crippen LogP contribution in [0.4, 0.5) is 8.78 Å². The molecule has 0 amide bonds. The third-order valence-corrected chi connectivity index (χ3v) is 4.37. The maximum absolute atomic E-state index is 13.3. The van der Waals surface area contributed by atoms with Crippen LogP contribution < -0.4 is 0 Å². The topological polar surface area (TPSA) is 43.7 Å². The molecule has 0 aromatic heterocycles. The SMILES string of the molecule is OC(CN(CC(O)c1cccc(F)c1)C1CC1)c1ccc(F)cc1. The summed E-state index contributed by atoms with van der Waals surface area (Å²) >= 11 is 0. The first-order chi connectivity index (χ1) is 11.5. The number of benzene rings is 2. The molecule has 2 atom stereocenters. The third kappa shape index (κ3) is 4.38. The Balaban J connectivity index is 1.65. The lowest BCUT2D eigenvalue weighted by molar-refractivity contribution is 0.0642. The summed E-state index contributed by atoms with van der Waals surface area (Å²) in [5.74, 6) is -0.720. The Kier molecular flexibility index (Phi) is 5.23. The van der Waals surface area contributed by atoms with Gasteiger partial charge in [-0.15, -0.1) is 0 Å². The van der Waals surface area contributed by atoms with Crippen LogP contribution in [0.3, 0.4) is 0 Å². The summed E-state index contributed by atoms with van der Waals surface area (Å²) < 4.78 is 26.3. The quantitative estimate of drug-likeness (QED) is 0.818. The van der Waals surface area contributed by atoms with Crippen molar-refractivity contribution in [2.75, 3.05) is 13.1 Å². The fraction of sp³-hybridized carbons (Fsp3) is 0.368. The van der Waals surface area contributed by atoms with Crippen molar-refractivity contribution in [3.63, 3.8) is 0 Å². The van der Waals surface area contributed by atoms with Gasteiger partial charge in [-0.05, 0) is 48.2 Å². The van der Waals surface area contributed by atoms with Crippen molar-refractivity contribution in [2.24, 2.45) is 0 Å². The zero-order chi connectivity index (χ0) is 17.1. The molecule has 0 saturated heterocycles. The van der Waals surface area contributed by atoms with E-state index in [9.17, 15) is 19.0 Å². The van der Waals surface area contributed by atoms with Crippen LogP contribution in [0, 0.1) is 11.6 Å². The van der Waals surface area contributed by atoms with Crippen LogP contribution in [0.5, 0.6) is 0 Å². The number of halogens is 2. The maximum atomic E-state index is 13.3. The first kappa shape index (κ1) is 17.0. The van der Waals surface area contributed by atoms with Gasteiger partial charge in [0.1, 0.15) is 11.6 Å². The highest BCUT2D eigenvalue weighted by molar-refractivity contribution is 5.20. The molecule has 2 unspecified atom stereocenters. The largest absolute Gasteiger partial charge is 0.387 e. The molecular formula is C19H21F2NO2. The van der Waals surface area contributed by atoms with E-state index in [-0.39, 0.29) is 11.6 Å². The first-order valence-corrected chi connectivity index (χ1v) is 8.14. The smallest absolute Gasteiger partial charge is 0.123 e. The van der Waals surface area contributed by atoms with Crippen molar-refractivity contribution in [3.05, 3.63) is 71.3 Å². The predicted octanol–water partition coefficient (Wildman–Crippen LogP) is 3.20. The molecule has 2 aromatic carbocycles. The highest BCUT2D eigenvalue weighted by Crippen LogP contribution is 2.31. The molecule has 128 valence electrons. The van der Waals surface area contributed by atoms with Gasteiger partial charge in [-0.3, -0.25) is 4.90 Å². The minimum atomic E-state index is -0.818. The summed E-state index contributed by atoms with van der Waals surface area (Å²) in [7, 11) is 0. The fourth-order valence-corrected chi connectivity index (χ4v) is 2.87. The van der Waals surface area contributed by atoms with Crippen LogP contribution in [0.1, 0.15) is 36.2 Å². The maximum Gasteiger partial charge on any atom is 0.123 e. The van der Waals surface area contributed by atoms with Gasteiger partial charge in [-0.2, -0.15) is 0 Å². The van der Waals surface area contributed by atoms with E-state index in [1.165, 1.54) is 24.3 Å². The molecule has 2 N–H and O–H groups in total. The molecule has 0 heterocycles. The Hall–Kier alpha value is -1.82. The summed E-state index contributed by atoms with van der Waals surface area (Å²) in [6, 6.07) is 12.0. The molecular weight excluding hydrogens is 312 g/mol. The minimum absolute atomic E-state index is 0.323. The van der Waals surface area contributed by atoms with E-state index in [2.05, 4.69) is 0 Å². The van der Waals surface area contributed by atoms with Crippen molar-refractivity contribution >= 4 is 0 Å². The molecule has 1 aliphatic carbocycles. The van der Waals surface area contributed by atoms with Crippen LogP contribution in [-0.2, 0) is 0 Å². The Labute approximate surface area is 140 Å². The normalized spacial score (nSPS) is 17.0. The number of aliphatic hydroxyl groups is 2. The zero-order valence-electron chi connectivity index (χ0n) is 13.3. The molecule has 2 aromatic rings. The molecule has 24 heavy (non-hydrogen) atoms. The molecule has 0 radical (unpaired) electrons. The zero-order valence-corrected chi connectivity index (χ0v) is 13.3. The number of rotatable bonds is 7. The highest BCUT2D eigenvalue weighted by Gasteiger charge is 2.32. The van der Waals surface area contributed by atoms with Gasteiger partial charge in [0.05, 0.1) is 12.2 Å². The molecule has 1 aliphatic rings. The molecule has 5 heteroatoms. The van der Waals surface area contributed by atoms with Gasteiger partial charge in [-0.25, -0.2) is 8.78 Å². The van der Waals surface area contributed by atoms with Crippen molar-refractivity contribution in [3.8, 4) is 0 Å². The summed E-state index contributed by atoms with van der Waals surface area (Å²) in [6.45, 7) is 0.676. The minimum Gasteiger partial charge on any atom is -0.387 e. The van der Waals surface area contributed by atoms with E-state index < -0.39 is 12.2 Å². The molecule has 1 fully saturated rings. The van der Waals surface area contributed by atoms with Gasteiger partial charge in [0.2, 0.25) is 0 Å². The highest BCUT2D eigenvalue weighted by atomic mass is 19.1. The lowest BCUT2D eigenvalue weighted by Crippen LogP contribution is -2.34. The standard InChI is InChI=1S/C19H21F2NO2/c20-15-6-4-13(5-7-15)18(23)11-22(17-8-9-17)12-19(24)14-2-1-3-16(21)10-14/h1-7,10,17-19,23-24H,8-9,11-12H2. The van der Waals surface area contributed by atoms with E-state index in [0.717, 1.165) is 12.8 Å². The van der Waals surface area contributed by atoms with Crippen molar-refractivity contribution in [2.45, 2.75) is 31.1 Å². The monoisotopic (exact) mass is 333 g/mol. The number of hydrogen-bond acceptors (Lipinski definition) is 3.